The van der Waals surface area contributed by atoms with Gasteiger partial charge in [-0.15, -0.1) is 0 Å². The van der Waals surface area contributed by atoms with E-state index in [2.05, 4.69) is 0 Å². The van der Waals surface area contributed by atoms with Crippen molar-refractivity contribution >= 4 is 17.4 Å². The van der Waals surface area contributed by atoms with Crippen LogP contribution in [0.3, 0.4) is 0 Å². The number of phenols is 1. The molecule has 158 valence electrons. The number of hydrogen-bond donors (Lipinski definition) is 2. The highest BCUT2D eigenvalue weighted by Crippen LogP contribution is 2.40. The van der Waals surface area contributed by atoms with Gasteiger partial charge >= 0.3 is 0 Å². The van der Waals surface area contributed by atoms with Gasteiger partial charge in [-0.25, -0.2) is 0 Å². The highest BCUT2D eigenvalue weighted by atomic mass is 16.5. The fourth-order valence-corrected chi connectivity index (χ4v) is 3.65. The van der Waals surface area contributed by atoms with E-state index in [0.717, 1.165) is 0 Å². The standard InChI is InChI=1S/C24H21NO6/c1-2-30-18-11-7-16(8-12-18)22(27)20-21(15-5-9-17(26)10-6-15)25(24(29)23(20)28)14-19-4-3-13-31-19/h3-13,21,26-27H,2,14H2,1H3/b22-20+. The molecule has 7 nitrogen and oxygen atoms in total. The predicted octanol–water partition coefficient (Wildman–Crippen LogP) is 4.01. The van der Waals surface area contributed by atoms with Crippen LogP contribution in [0.5, 0.6) is 11.5 Å². The third kappa shape index (κ3) is 3.90. The number of nitrogens with zero attached hydrogens (tertiary/aromatic N) is 1. The van der Waals surface area contributed by atoms with Gasteiger partial charge in [0.25, 0.3) is 11.7 Å². The summed E-state index contributed by atoms with van der Waals surface area (Å²) in [6, 6.07) is 15.4. The summed E-state index contributed by atoms with van der Waals surface area (Å²) in [5, 5.41) is 20.7. The zero-order chi connectivity index (χ0) is 22.0. The summed E-state index contributed by atoms with van der Waals surface area (Å²) in [7, 11) is 0. The van der Waals surface area contributed by atoms with Crippen LogP contribution in [0.4, 0.5) is 0 Å². The number of furan rings is 1. The lowest BCUT2D eigenvalue weighted by atomic mass is 9.95. The van der Waals surface area contributed by atoms with Gasteiger partial charge < -0.3 is 24.3 Å². The summed E-state index contributed by atoms with van der Waals surface area (Å²) >= 11 is 0. The number of carbonyl (C=O) groups excluding carboxylic acids is 2. The number of aliphatic hydroxyl groups is 1. The number of ether oxygens (including phenoxy) is 1. The summed E-state index contributed by atoms with van der Waals surface area (Å²) in [6.45, 7) is 2.43. The number of amides is 1. The molecule has 2 N–H and O–H groups in total. The Balaban J connectivity index is 1.81. The van der Waals surface area contributed by atoms with Gasteiger partial charge in [0.1, 0.15) is 23.0 Å². The van der Waals surface area contributed by atoms with E-state index in [4.69, 9.17) is 9.15 Å². The highest BCUT2D eigenvalue weighted by Gasteiger charge is 2.46. The minimum Gasteiger partial charge on any atom is -0.508 e. The largest absolute Gasteiger partial charge is 0.508 e. The Labute approximate surface area is 178 Å². The van der Waals surface area contributed by atoms with Crippen molar-refractivity contribution in [1.82, 2.24) is 4.90 Å². The Bertz CT molecular complexity index is 1110. The van der Waals surface area contributed by atoms with E-state index in [-0.39, 0.29) is 23.6 Å². The Morgan fingerprint density at radius 1 is 1.06 bits per heavy atom. The summed E-state index contributed by atoms with van der Waals surface area (Å²) in [6.07, 6.45) is 1.49. The van der Waals surface area contributed by atoms with E-state index in [0.29, 0.717) is 29.2 Å². The van der Waals surface area contributed by atoms with Crippen molar-refractivity contribution in [2.45, 2.75) is 19.5 Å². The zero-order valence-corrected chi connectivity index (χ0v) is 16.8. The first kappa shape index (κ1) is 20.3. The minimum atomic E-state index is -0.836. The molecule has 1 saturated heterocycles. The van der Waals surface area contributed by atoms with Crippen molar-refractivity contribution in [2.24, 2.45) is 0 Å². The fourth-order valence-electron chi connectivity index (χ4n) is 3.65. The average molecular weight is 419 g/mol. The molecule has 1 aliphatic rings. The number of aliphatic hydroxyl groups excluding tert-OH is 1. The number of rotatable bonds is 6. The van der Waals surface area contributed by atoms with E-state index >= 15 is 0 Å². The molecule has 1 aromatic heterocycles. The molecular formula is C24H21NO6. The molecule has 4 rings (SSSR count). The number of ketones is 1. The van der Waals surface area contributed by atoms with E-state index < -0.39 is 17.7 Å². The minimum absolute atomic E-state index is 0.0218. The maximum atomic E-state index is 13.0. The zero-order valence-electron chi connectivity index (χ0n) is 16.8. The van der Waals surface area contributed by atoms with Gasteiger partial charge in [0, 0.05) is 5.56 Å². The molecule has 1 aliphatic heterocycles. The predicted molar refractivity (Wildman–Crippen MR) is 112 cm³/mol. The molecule has 0 aliphatic carbocycles. The first-order chi connectivity index (χ1) is 15.0. The van der Waals surface area contributed by atoms with Crippen LogP contribution in [0.1, 0.15) is 29.9 Å². The van der Waals surface area contributed by atoms with E-state index in [1.54, 1.807) is 48.5 Å². The monoisotopic (exact) mass is 419 g/mol. The molecule has 1 amide bonds. The molecular weight excluding hydrogens is 398 g/mol. The van der Waals surface area contributed by atoms with Crippen molar-refractivity contribution in [3.05, 3.63) is 89.4 Å². The second-order valence-corrected chi connectivity index (χ2v) is 7.06. The SMILES string of the molecule is CCOc1ccc(/C(O)=C2\C(=O)C(=O)N(Cc3ccco3)C2c2ccc(O)cc2)cc1. The van der Waals surface area contributed by atoms with E-state index in [1.165, 1.54) is 23.3 Å². The Morgan fingerprint density at radius 3 is 2.39 bits per heavy atom. The summed E-state index contributed by atoms with van der Waals surface area (Å²) in [5.41, 5.74) is 0.950. The Kier molecular flexibility index (Phi) is 5.49. The number of carbonyl (C=O) groups is 2. The molecule has 1 unspecified atom stereocenters. The summed E-state index contributed by atoms with van der Waals surface area (Å²) in [5.74, 6) is -0.600. The third-order valence-corrected chi connectivity index (χ3v) is 5.09. The van der Waals surface area contributed by atoms with Crippen LogP contribution in [0, 0.1) is 0 Å². The molecule has 2 aromatic carbocycles. The number of benzene rings is 2. The smallest absolute Gasteiger partial charge is 0.296 e. The lowest BCUT2D eigenvalue weighted by Gasteiger charge is -2.24. The quantitative estimate of drug-likeness (QED) is 0.356. The Hall–Kier alpha value is -4.00. The van der Waals surface area contributed by atoms with Crippen LogP contribution in [0.15, 0.2) is 76.9 Å². The van der Waals surface area contributed by atoms with Gasteiger partial charge in [-0.05, 0) is 61.0 Å². The lowest BCUT2D eigenvalue weighted by Crippen LogP contribution is -2.29. The first-order valence-corrected chi connectivity index (χ1v) is 9.82. The van der Waals surface area contributed by atoms with Gasteiger partial charge in [0.05, 0.1) is 31.0 Å². The molecule has 1 atom stereocenters. The number of phenolic OH excluding ortho intramolecular Hbond substituents is 1. The molecule has 0 radical (unpaired) electrons. The van der Waals surface area contributed by atoms with Crippen molar-refractivity contribution in [3.8, 4) is 11.5 Å². The molecule has 1 fully saturated rings. The maximum Gasteiger partial charge on any atom is 0.296 e. The van der Waals surface area contributed by atoms with Crippen LogP contribution in [-0.4, -0.2) is 33.4 Å². The van der Waals surface area contributed by atoms with Gasteiger partial charge in [-0.1, -0.05) is 12.1 Å². The second-order valence-electron chi connectivity index (χ2n) is 7.06. The lowest BCUT2D eigenvalue weighted by molar-refractivity contribution is -0.140. The van der Waals surface area contributed by atoms with E-state index in [9.17, 15) is 19.8 Å². The molecule has 2 heterocycles. The van der Waals surface area contributed by atoms with Crippen LogP contribution >= 0.6 is 0 Å². The van der Waals surface area contributed by atoms with Crippen LogP contribution in [0.2, 0.25) is 0 Å². The number of aromatic hydroxyl groups is 1. The van der Waals surface area contributed by atoms with Gasteiger partial charge in [-0.3, -0.25) is 9.59 Å². The molecule has 31 heavy (non-hydrogen) atoms. The maximum absolute atomic E-state index is 13.0. The van der Waals surface area contributed by atoms with Crippen molar-refractivity contribution < 1.29 is 29.0 Å². The van der Waals surface area contributed by atoms with Gasteiger partial charge in [0.15, 0.2) is 0 Å². The fraction of sp³-hybridized carbons (Fsp3) is 0.167. The number of likely N-dealkylation sites (tertiary alicyclic amines) is 1. The van der Waals surface area contributed by atoms with Crippen molar-refractivity contribution in [1.29, 1.82) is 0 Å². The molecule has 7 heteroatoms. The van der Waals surface area contributed by atoms with Crippen LogP contribution in [0.25, 0.3) is 5.76 Å². The third-order valence-electron chi connectivity index (χ3n) is 5.09. The number of hydrogen-bond acceptors (Lipinski definition) is 6. The summed E-state index contributed by atoms with van der Waals surface area (Å²) in [4.78, 5) is 27.2. The first-order valence-electron chi connectivity index (χ1n) is 9.82. The van der Waals surface area contributed by atoms with Gasteiger partial charge in [-0.2, -0.15) is 0 Å². The van der Waals surface area contributed by atoms with E-state index in [1.807, 2.05) is 6.92 Å². The topological polar surface area (TPSA) is 100 Å². The van der Waals surface area contributed by atoms with Crippen molar-refractivity contribution in [3.63, 3.8) is 0 Å². The molecule has 0 bridgehead atoms. The molecule has 0 spiro atoms. The number of Topliss-reactive ketones (excluding diaryl/α,β-unsaturated/α-hetero) is 1. The van der Waals surface area contributed by atoms with Gasteiger partial charge in [0.2, 0.25) is 0 Å². The average Bonchev–Trinajstić information content (AvgIpc) is 3.37. The normalized spacial score (nSPS) is 17.8. The van der Waals surface area contributed by atoms with Crippen LogP contribution < -0.4 is 4.74 Å². The molecule has 0 saturated carbocycles. The Morgan fingerprint density at radius 2 is 1.77 bits per heavy atom. The van der Waals surface area contributed by atoms with Crippen molar-refractivity contribution in [2.75, 3.05) is 6.61 Å². The summed E-state index contributed by atoms with van der Waals surface area (Å²) < 4.78 is 10.8. The highest BCUT2D eigenvalue weighted by molar-refractivity contribution is 6.46. The molecule has 3 aromatic rings. The van der Waals surface area contributed by atoms with Crippen LogP contribution in [-0.2, 0) is 16.1 Å². The second kappa shape index (κ2) is 8.39.